The second-order valence-electron chi connectivity index (χ2n) is 6.89. The third kappa shape index (κ3) is 5.65. The summed E-state index contributed by atoms with van der Waals surface area (Å²) in [6, 6.07) is 12.2. The van der Waals surface area contributed by atoms with E-state index in [2.05, 4.69) is 20.7 Å². The van der Waals surface area contributed by atoms with Crippen LogP contribution in [0.25, 0.3) is 0 Å². The van der Waals surface area contributed by atoms with Gasteiger partial charge in [0.05, 0.1) is 12.2 Å². The van der Waals surface area contributed by atoms with E-state index in [0.717, 1.165) is 5.56 Å². The molecule has 0 spiro atoms. The number of anilines is 1. The first kappa shape index (κ1) is 21.0. The number of hydrogen-bond donors (Lipinski definition) is 2. The smallest absolute Gasteiger partial charge is 0.313 e. The summed E-state index contributed by atoms with van der Waals surface area (Å²) in [4.78, 5) is 30.6. The Balaban J connectivity index is 1.57. The first-order chi connectivity index (χ1) is 14.4. The molecule has 0 saturated heterocycles. The number of aryl methyl sites for hydroxylation is 1. The maximum Gasteiger partial charge on any atom is 0.313 e. The predicted octanol–water partition coefficient (Wildman–Crippen LogP) is 1.96. The molecule has 0 aliphatic heterocycles. The maximum atomic E-state index is 12.3. The molecule has 1 unspecified atom stereocenters. The largest absolute Gasteiger partial charge is 0.439 e. The summed E-state index contributed by atoms with van der Waals surface area (Å²) >= 11 is 0. The molecule has 2 N–H and O–H groups in total. The number of hydrogen-bond acceptors (Lipinski definition) is 6. The molecule has 2 heterocycles. The van der Waals surface area contributed by atoms with Gasteiger partial charge in [0, 0.05) is 43.3 Å². The lowest BCUT2D eigenvalue weighted by Gasteiger charge is -2.23. The van der Waals surface area contributed by atoms with Gasteiger partial charge in [-0.15, -0.1) is 0 Å². The molecule has 0 aliphatic carbocycles. The Hall–Kier alpha value is -3.72. The third-order valence-corrected chi connectivity index (χ3v) is 4.35. The zero-order valence-electron chi connectivity index (χ0n) is 17.1. The minimum atomic E-state index is -0.768. The van der Waals surface area contributed by atoms with Crippen molar-refractivity contribution in [3.8, 4) is 11.6 Å². The Kier molecular flexibility index (Phi) is 6.76. The molecule has 9 heteroatoms. The fraction of sp³-hybridized carbons (Fsp3) is 0.238. The number of ether oxygens (including phenoxy) is 1. The molecule has 0 radical (unpaired) electrons. The Morgan fingerprint density at radius 1 is 1.17 bits per heavy atom. The van der Waals surface area contributed by atoms with E-state index in [4.69, 9.17) is 4.74 Å². The highest BCUT2D eigenvalue weighted by Gasteiger charge is 2.20. The van der Waals surface area contributed by atoms with Crippen LogP contribution in [0.1, 0.15) is 11.6 Å². The molecule has 2 aromatic heterocycles. The van der Waals surface area contributed by atoms with E-state index in [1.165, 1.54) is 6.20 Å². The number of benzene rings is 1. The van der Waals surface area contributed by atoms with Crippen LogP contribution >= 0.6 is 0 Å². The normalized spacial score (nSPS) is 11.7. The topological polar surface area (TPSA) is 101 Å². The van der Waals surface area contributed by atoms with Gasteiger partial charge in [0.1, 0.15) is 5.75 Å². The van der Waals surface area contributed by atoms with Gasteiger partial charge in [-0.3, -0.25) is 14.3 Å². The third-order valence-electron chi connectivity index (χ3n) is 4.35. The van der Waals surface area contributed by atoms with Gasteiger partial charge < -0.3 is 20.3 Å². The molecule has 0 saturated carbocycles. The molecule has 0 fully saturated rings. The maximum absolute atomic E-state index is 12.3. The van der Waals surface area contributed by atoms with Crippen molar-refractivity contribution < 1.29 is 14.3 Å². The van der Waals surface area contributed by atoms with Crippen molar-refractivity contribution in [2.24, 2.45) is 7.05 Å². The lowest BCUT2D eigenvalue weighted by atomic mass is 10.1. The van der Waals surface area contributed by atoms with E-state index in [1.54, 1.807) is 35.1 Å². The first-order valence-corrected chi connectivity index (χ1v) is 9.35. The van der Waals surface area contributed by atoms with E-state index in [-0.39, 0.29) is 12.6 Å². The zero-order chi connectivity index (χ0) is 21.5. The summed E-state index contributed by atoms with van der Waals surface area (Å²) in [6.45, 7) is 0.268. The van der Waals surface area contributed by atoms with Crippen LogP contribution in [0, 0.1) is 0 Å². The van der Waals surface area contributed by atoms with Crippen LogP contribution in [0.15, 0.2) is 61.1 Å². The minimum Gasteiger partial charge on any atom is -0.439 e. The molecule has 9 nitrogen and oxygen atoms in total. The summed E-state index contributed by atoms with van der Waals surface area (Å²) < 4.78 is 7.33. The van der Waals surface area contributed by atoms with Crippen molar-refractivity contribution in [3.63, 3.8) is 0 Å². The fourth-order valence-corrected chi connectivity index (χ4v) is 2.82. The van der Waals surface area contributed by atoms with Crippen LogP contribution in [-0.4, -0.2) is 52.1 Å². The summed E-state index contributed by atoms with van der Waals surface area (Å²) in [5.41, 5.74) is 1.35. The monoisotopic (exact) mass is 408 g/mol. The van der Waals surface area contributed by atoms with E-state index in [0.29, 0.717) is 17.3 Å². The van der Waals surface area contributed by atoms with Crippen molar-refractivity contribution in [2.45, 2.75) is 6.04 Å². The fourth-order valence-electron chi connectivity index (χ4n) is 2.82. The van der Waals surface area contributed by atoms with E-state index < -0.39 is 11.8 Å². The number of rotatable bonds is 7. The van der Waals surface area contributed by atoms with E-state index in [1.807, 2.05) is 50.4 Å². The number of carbonyl (C=O) groups is 2. The van der Waals surface area contributed by atoms with Crippen molar-refractivity contribution >= 4 is 17.5 Å². The molecule has 0 bridgehead atoms. The van der Waals surface area contributed by atoms with Crippen LogP contribution in [-0.2, 0) is 16.6 Å². The van der Waals surface area contributed by atoms with Gasteiger partial charge in [-0.2, -0.15) is 5.10 Å². The van der Waals surface area contributed by atoms with Crippen LogP contribution < -0.4 is 15.4 Å². The Bertz CT molecular complexity index is 1000. The molecular weight excluding hydrogens is 384 g/mol. The van der Waals surface area contributed by atoms with Gasteiger partial charge in [-0.1, -0.05) is 18.2 Å². The Morgan fingerprint density at radius 3 is 2.60 bits per heavy atom. The number of nitrogens with zero attached hydrogens (tertiary/aromatic N) is 4. The molecule has 3 rings (SSSR count). The molecule has 0 aliphatic rings. The van der Waals surface area contributed by atoms with Gasteiger partial charge in [0.15, 0.2) is 0 Å². The van der Waals surface area contributed by atoms with Crippen molar-refractivity contribution in [3.05, 3.63) is 66.6 Å². The highest BCUT2D eigenvalue weighted by molar-refractivity contribution is 6.39. The average Bonchev–Trinajstić information content (AvgIpc) is 3.14. The van der Waals surface area contributed by atoms with Crippen LogP contribution in [0.3, 0.4) is 0 Å². The number of pyridine rings is 1. The molecule has 3 aromatic rings. The Labute approximate surface area is 174 Å². The van der Waals surface area contributed by atoms with Crippen molar-refractivity contribution in [2.75, 3.05) is 26.0 Å². The molecule has 156 valence electrons. The molecule has 1 atom stereocenters. The second-order valence-corrected chi connectivity index (χ2v) is 6.89. The van der Waals surface area contributed by atoms with Crippen LogP contribution in [0.2, 0.25) is 0 Å². The lowest BCUT2D eigenvalue weighted by Crippen LogP contribution is -2.40. The highest BCUT2D eigenvalue weighted by atomic mass is 16.5. The zero-order valence-corrected chi connectivity index (χ0v) is 17.1. The number of amides is 2. The predicted molar refractivity (Wildman–Crippen MR) is 112 cm³/mol. The average molecular weight is 408 g/mol. The molecule has 1 aromatic carbocycles. The van der Waals surface area contributed by atoms with Crippen LogP contribution in [0.5, 0.6) is 11.6 Å². The van der Waals surface area contributed by atoms with E-state index in [9.17, 15) is 9.59 Å². The summed E-state index contributed by atoms with van der Waals surface area (Å²) in [5.74, 6) is -0.566. The molecule has 2 amide bonds. The number of para-hydroxylation sites is 1. The van der Waals surface area contributed by atoms with Gasteiger partial charge in [0.2, 0.25) is 5.88 Å². The van der Waals surface area contributed by atoms with Gasteiger partial charge in [0.25, 0.3) is 0 Å². The number of aromatic nitrogens is 3. The Morgan fingerprint density at radius 2 is 1.93 bits per heavy atom. The SMILES string of the molecule is CN(C)C(CNC(=O)C(=O)Nc1ccnc(Oc2ccccc2)c1)c1cnn(C)c1. The summed E-state index contributed by atoms with van der Waals surface area (Å²) in [7, 11) is 5.62. The minimum absolute atomic E-state index is 0.109. The standard InChI is InChI=1S/C21H24N6O3/c1-26(2)18(15-12-24-27(3)14-15)13-23-20(28)21(29)25-16-9-10-22-19(11-16)30-17-7-5-4-6-8-17/h4-12,14,18H,13H2,1-3H3,(H,23,28)(H,22,25,29). The first-order valence-electron chi connectivity index (χ1n) is 9.35. The van der Waals surface area contributed by atoms with Crippen molar-refractivity contribution in [1.29, 1.82) is 0 Å². The van der Waals surface area contributed by atoms with Gasteiger partial charge in [-0.05, 0) is 32.3 Å². The highest BCUT2D eigenvalue weighted by Crippen LogP contribution is 2.21. The van der Waals surface area contributed by atoms with Gasteiger partial charge in [-0.25, -0.2) is 4.98 Å². The molecule has 30 heavy (non-hydrogen) atoms. The lowest BCUT2D eigenvalue weighted by molar-refractivity contribution is -0.136. The number of carbonyl (C=O) groups excluding carboxylic acids is 2. The molecular formula is C21H24N6O3. The van der Waals surface area contributed by atoms with Crippen LogP contribution in [0.4, 0.5) is 5.69 Å². The van der Waals surface area contributed by atoms with Gasteiger partial charge >= 0.3 is 11.8 Å². The number of likely N-dealkylation sites (N-methyl/N-ethyl adjacent to an activating group) is 1. The summed E-state index contributed by atoms with van der Waals surface area (Å²) in [5, 5.41) is 9.39. The summed E-state index contributed by atoms with van der Waals surface area (Å²) in [6.07, 6.45) is 5.11. The van der Waals surface area contributed by atoms with E-state index >= 15 is 0 Å². The van der Waals surface area contributed by atoms with Crippen molar-refractivity contribution in [1.82, 2.24) is 25.0 Å². The second kappa shape index (κ2) is 9.66. The quantitative estimate of drug-likeness (QED) is 0.580. The number of nitrogens with one attached hydrogen (secondary N) is 2.